The van der Waals surface area contributed by atoms with Crippen molar-refractivity contribution in [2.75, 3.05) is 13.2 Å². The van der Waals surface area contributed by atoms with Crippen molar-refractivity contribution in [2.45, 2.75) is 77.6 Å². The highest BCUT2D eigenvalue weighted by Gasteiger charge is 2.51. The molecule has 1 aliphatic heterocycles. The largest absolute Gasteiger partial charge is 0.481 e. The van der Waals surface area contributed by atoms with Crippen molar-refractivity contribution in [2.24, 2.45) is 0 Å². The molecule has 0 aromatic carbocycles. The molecule has 1 amide bonds. The second-order valence-electron chi connectivity index (χ2n) is 6.94. The monoisotopic (exact) mass is 447 g/mol. The minimum atomic E-state index is -1.19. The molecule has 5 atom stereocenters. The molecule has 0 aliphatic carbocycles. The van der Waals surface area contributed by atoms with Gasteiger partial charge in [-0.3, -0.25) is 24.0 Å². The predicted molar refractivity (Wildman–Crippen MR) is 101 cm³/mol. The van der Waals surface area contributed by atoms with Crippen LogP contribution >= 0.6 is 0 Å². The number of nitrogens with one attached hydrogen (secondary N) is 1. The Labute approximate surface area is 179 Å². The number of amides is 1. The summed E-state index contributed by atoms with van der Waals surface area (Å²) in [4.78, 5) is 57.0. The minimum absolute atomic E-state index is 0.0380. The van der Waals surface area contributed by atoms with E-state index < -0.39 is 60.4 Å². The molecule has 0 spiro atoms. The van der Waals surface area contributed by atoms with Crippen molar-refractivity contribution in [3.8, 4) is 0 Å². The standard InChI is InChI=1S/C19H29NO11/c1-10(21)20-16-18(30-13(4)24)17(29-12(3)23)14(9-28-11(2)22)31-19(16)27-8-6-5-7-15(25)26/h14,16-19H,5-9H2,1-4H3,(H,20,21)(H,25,26)/t14?,16?,17-,18-,19-/m1/s1. The van der Waals surface area contributed by atoms with Gasteiger partial charge in [0.2, 0.25) is 5.91 Å². The zero-order valence-corrected chi connectivity index (χ0v) is 18.0. The molecule has 0 saturated carbocycles. The van der Waals surface area contributed by atoms with Crippen molar-refractivity contribution >= 4 is 29.8 Å². The van der Waals surface area contributed by atoms with Gasteiger partial charge in [-0.05, 0) is 12.8 Å². The molecule has 0 bridgehead atoms. The number of rotatable bonds is 11. The van der Waals surface area contributed by atoms with Gasteiger partial charge in [0.15, 0.2) is 18.5 Å². The van der Waals surface area contributed by atoms with Crippen LogP contribution in [0.3, 0.4) is 0 Å². The maximum absolute atomic E-state index is 11.8. The van der Waals surface area contributed by atoms with Crippen molar-refractivity contribution in [3.05, 3.63) is 0 Å². The summed E-state index contributed by atoms with van der Waals surface area (Å²) in [6.07, 6.45) is -3.87. The van der Waals surface area contributed by atoms with Gasteiger partial charge in [0.25, 0.3) is 0 Å². The summed E-state index contributed by atoms with van der Waals surface area (Å²) in [6.45, 7) is 4.47. The van der Waals surface area contributed by atoms with E-state index in [9.17, 15) is 24.0 Å². The Morgan fingerprint density at radius 3 is 2.03 bits per heavy atom. The Bertz CT molecular complexity index is 665. The van der Waals surface area contributed by atoms with Crippen LogP contribution in [-0.2, 0) is 47.7 Å². The molecule has 12 nitrogen and oxygen atoms in total. The Morgan fingerprint density at radius 1 is 0.903 bits per heavy atom. The summed E-state index contributed by atoms with van der Waals surface area (Å²) in [7, 11) is 0. The molecular weight excluding hydrogens is 418 g/mol. The Balaban J connectivity index is 3.11. The van der Waals surface area contributed by atoms with Gasteiger partial charge in [-0.15, -0.1) is 0 Å². The number of esters is 3. The topological polar surface area (TPSA) is 164 Å². The third-order valence-corrected chi connectivity index (χ3v) is 4.14. The molecule has 1 heterocycles. The zero-order chi connectivity index (χ0) is 23.6. The van der Waals surface area contributed by atoms with Crippen LogP contribution < -0.4 is 5.32 Å². The quantitative estimate of drug-likeness (QED) is 0.247. The van der Waals surface area contributed by atoms with Crippen LogP contribution in [0.25, 0.3) is 0 Å². The third kappa shape index (κ3) is 9.75. The van der Waals surface area contributed by atoms with Crippen molar-refractivity contribution < 1.29 is 52.8 Å². The number of carboxylic acid groups (broad SMARTS) is 1. The van der Waals surface area contributed by atoms with Crippen LogP contribution in [0.1, 0.15) is 47.0 Å². The number of unbranched alkanes of at least 4 members (excludes halogenated alkanes) is 1. The number of ether oxygens (including phenoxy) is 5. The summed E-state index contributed by atoms with van der Waals surface area (Å²) < 4.78 is 27.1. The van der Waals surface area contributed by atoms with E-state index in [1.54, 1.807) is 0 Å². The first-order valence-electron chi connectivity index (χ1n) is 9.75. The number of carbonyl (C=O) groups excluding carboxylic acids is 4. The molecule has 12 heteroatoms. The lowest BCUT2D eigenvalue weighted by atomic mass is 9.96. The van der Waals surface area contributed by atoms with Crippen LogP contribution in [0.2, 0.25) is 0 Å². The number of hydrogen-bond donors (Lipinski definition) is 2. The van der Waals surface area contributed by atoms with Crippen LogP contribution in [0, 0.1) is 0 Å². The van der Waals surface area contributed by atoms with Gasteiger partial charge < -0.3 is 34.1 Å². The van der Waals surface area contributed by atoms with Crippen molar-refractivity contribution in [1.82, 2.24) is 5.32 Å². The molecule has 1 fully saturated rings. The Morgan fingerprint density at radius 2 is 1.52 bits per heavy atom. The molecule has 0 aromatic rings. The fraction of sp³-hybridized carbons (Fsp3) is 0.737. The summed E-state index contributed by atoms with van der Waals surface area (Å²) in [5.41, 5.74) is 0. The highest BCUT2D eigenvalue weighted by atomic mass is 16.7. The number of carbonyl (C=O) groups is 5. The van der Waals surface area contributed by atoms with Gasteiger partial charge in [-0.25, -0.2) is 0 Å². The first-order chi connectivity index (χ1) is 14.5. The van der Waals surface area contributed by atoms with Gasteiger partial charge >= 0.3 is 23.9 Å². The maximum atomic E-state index is 11.8. The zero-order valence-electron chi connectivity index (χ0n) is 18.0. The molecular formula is C19H29NO11. The molecule has 31 heavy (non-hydrogen) atoms. The lowest BCUT2D eigenvalue weighted by Crippen LogP contribution is -2.66. The number of hydrogen-bond acceptors (Lipinski definition) is 10. The third-order valence-electron chi connectivity index (χ3n) is 4.14. The van der Waals surface area contributed by atoms with E-state index in [0.717, 1.165) is 13.8 Å². The molecule has 2 N–H and O–H groups in total. The number of aliphatic carboxylic acids is 1. The average molecular weight is 447 g/mol. The van der Waals surface area contributed by atoms with E-state index in [2.05, 4.69) is 5.32 Å². The second kappa shape index (κ2) is 12.8. The molecule has 176 valence electrons. The van der Waals surface area contributed by atoms with Gasteiger partial charge in [-0.2, -0.15) is 0 Å². The number of carboxylic acids is 1. The van der Waals surface area contributed by atoms with Crippen LogP contribution in [0.4, 0.5) is 0 Å². The Kier molecular flexibility index (Phi) is 10.9. The normalized spacial score (nSPS) is 25.2. The summed E-state index contributed by atoms with van der Waals surface area (Å²) in [6, 6.07) is -1.04. The van der Waals surface area contributed by atoms with Crippen LogP contribution in [-0.4, -0.2) is 78.7 Å². The average Bonchev–Trinajstić information content (AvgIpc) is 2.62. The minimum Gasteiger partial charge on any atom is -0.481 e. The van der Waals surface area contributed by atoms with E-state index in [1.165, 1.54) is 13.8 Å². The van der Waals surface area contributed by atoms with Crippen molar-refractivity contribution in [3.63, 3.8) is 0 Å². The van der Waals surface area contributed by atoms with E-state index >= 15 is 0 Å². The molecule has 1 rings (SSSR count). The first-order valence-corrected chi connectivity index (χ1v) is 9.75. The smallest absolute Gasteiger partial charge is 0.303 e. The predicted octanol–water partition coefficient (Wildman–Crippen LogP) is -0.0860. The van der Waals surface area contributed by atoms with Gasteiger partial charge in [-0.1, -0.05) is 0 Å². The van der Waals surface area contributed by atoms with E-state index in [4.69, 9.17) is 28.8 Å². The lowest BCUT2D eigenvalue weighted by Gasteiger charge is -2.44. The highest BCUT2D eigenvalue weighted by molar-refractivity contribution is 5.73. The molecule has 0 aromatic heterocycles. The summed E-state index contributed by atoms with van der Waals surface area (Å²) in [5, 5.41) is 11.3. The fourth-order valence-corrected chi connectivity index (χ4v) is 3.01. The van der Waals surface area contributed by atoms with Crippen LogP contribution in [0.5, 0.6) is 0 Å². The van der Waals surface area contributed by atoms with Gasteiger partial charge in [0.1, 0.15) is 18.8 Å². The lowest BCUT2D eigenvalue weighted by molar-refractivity contribution is -0.277. The van der Waals surface area contributed by atoms with E-state index in [1.807, 2.05) is 0 Å². The Hall–Kier alpha value is -2.73. The van der Waals surface area contributed by atoms with E-state index in [0.29, 0.717) is 12.8 Å². The molecule has 0 radical (unpaired) electrons. The maximum Gasteiger partial charge on any atom is 0.303 e. The van der Waals surface area contributed by atoms with Gasteiger partial charge in [0.05, 0.1) is 0 Å². The molecule has 2 unspecified atom stereocenters. The summed E-state index contributed by atoms with van der Waals surface area (Å²) in [5.74, 6) is -3.43. The van der Waals surface area contributed by atoms with Crippen molar-refractivity contribution in [1.29, 1.82) is 0 Å². The highest BCUT2D eigenvalue weighted by Crippen LogP contribution is 2.28. The molecule has 1 saturated heterocycles. The van der Waals surface area contributed by atoms with Gasteiger partial charge in [0, 0.05) is 40.7 Å². The van der Waals surface area contributed by atoms with Crippen LogP contribution in [0.15, 0.2) is 0 Å². The first kappa shape index (κ1) is 26.3. The SMILES string of the molecule is CC(=O)NC1[C@H](OCCCCC(=O)O)OC(COC(C)=O)[C@@H](OC(C)=O)[C@@H]1OC(C)=O. The summed E-state index contributed by atoms with van der Waals surface area (Å²) >= 11 is 0. The second-order valence-corrected chi connectivity index (χ2v) is 6.94. The fourth-order valence-electron chi connectivity index (χ4n) is 3.01. The van der Waals surface area contributed by atoms with E-state index in [-0.39, 0.29) is 19.6 Å². The molecule has 1 aliphatic rings.